The van der Waals surface area contributed by atoms with Crippen molar-refractivity contribution in [1.82, 2.24) is 9.97 Å². The van der Waals surface area contributed by atoms with E-state index in [9.17, 15) is 23.1 Å². The normalized spacial score (nSPS) is 14.6. The van der Waals surface area contributed by atoms with Crippen LogP contribution in [0.15, 0.2) is 48.7 Å². The Morgan fingerprint density at radius 3 is 2.59 bits per heavy atom. The molecular weight excluding hydrogens is 451 g/mol. The van der Waals surface area contributed by atoms with Gasteiger partial charge in [-0.05, 0) is 53.9 Å². The van der Waals surface area contributed by atoms with Crippen LogP contribution < -0.4 is 10.1 Å². The minimum absolute atomic E-state index is 0.0289. The summed E-state index contributed by atoms with van der Waals surface area (Å²) in [6.45, 7) is 2.96. The first-order valence-corrected chi connectivity index (χ1v) is 10.6. The van der Waals surface area contributed by atoms with Crippen LogP contribution in [0.4, 0.5) is 24.8 Å². The number of alkyl halides is 3. The van der Waals surface area contributed by atoms with E-state index in [4.69, 9.17) is 9.47 Å². The number of nitrogens with zero attached hydrogens (tertiary/aromatic N) is 2. The molecule has 10 heteroatoms. The number of hydrogen-bond donors (Lipinski definition) is 2. The number of ether oxygens (including phenoxy) is 2. The van der Waals surface area contributed by atoms with Crippen LogP contribution in [-0.2, 0) is 10.9 Å². The van der Waals surface area contributed by atoms with Crippen molar-refractivity contribution < 1.29 is 32.5 Å². The molecule has 1 aliphatic rings. The van der Waals surface area contributed by atoms with E-state index in [2.05, 4.69) is 15.3 Å². The molecular formula is C24H22F3N3O4. The average molecular weight is 473 g/mol. The quantitative estimate of drug-likeness (QED) is 0.490. The molecule has 0 atom stereocenters. The summed E-state index contributed by atoms with van der Waals surface area (Å²) in [4.78, 5) is 19.3. The van der Waals surface area contributed by atoms with Crippen LogP contribution in [0.25, 0.3) is 11.1 Å². The summed E-state index contributed by atoms with van der Waals surface area (Å²) in [7, 11) is 0. The van der Waals surface area contributed by atoms with Gasteiger partial charge in [-0.3, -0.25) is 0 Å². The number of aryl methyl sites for hydroxylation is 1. The number of carbonyl (C=O) groups is 1. The second-order valence-electron chi connectivity index (χ2n) is 7.92. The third-order valence-corrected chi connectivity index (χ3v) is 5.28. The van der Waals surface area contributed by atoms with Gasteiger partial charge in [-0.1, -0.05) is 12.1 Å². The Morgan fingerprint density at radius 2 is 1.88 bits per heavy atom. The first-order valence-electron chi connectivity index (χ1n) is 10.6. The number of carboxylic acid groups (broad SMARTS) is 1. The first kappa shape index (κ1) is 23.5. The number of aromatic carboxylic acids is 1. The highest BCUT2D eigenvalue weighted by atomic mass is 19.4. The summed E-state index contributed by atoms with van der Waals surface area (Å²) in [6, 6.07) is 11.0. The first-order chi connectivity index (χ1) is 16.2. The smallest absolute Gasteiger partial charge is 0.433 e. The predicted molar refractivity (Wildman–Crippen MR) is 118 cm³/mol. The molecule has 0 unspecified atom stereocenters. The van der Waals surface area contributed by atoms with Gasteiger partial charge in [0.25, 0.3) is 0 Å². The number of anilines is 2. The summed E-state index contributed by atoms with van der Waals surface area (Å²) >= 11 is 0. The predicted octanol–water partition coefficient (Wildman–Crippen LogP) is 5.47. The van der Waals surface area contributed by atoms with Crippen molar-refractivity contribution in [3.8, 4) is 16.9 Å². The highest BCUT2D eigenvalue weighted by molar-refractivity contribution is 5.93. The molecule has 0 bridgehead atoms. The molecule has 2 aromatic carbocycles. The minimum Gasteiger partial charge on any atom is -0.489 e. The number of halogens is 3. The summed E-state index contributed by atoms with van der Waals surface area (Å²) in [5.74, 6) is -1.03. The van der Waals surface area contributed by atoms with Crippen molar-refractivity contribution in [1.29, 1.82) is 0 Å². The van der Waals surface area contributed by atoms with E-state index in [1.54, 1.807) is 24.3 Å². The number of rotatable bonds is 6. The third-order valence-electron chi connectivity index (χ3n) is 5.28. The van der Waals surface area contributed by atoms with Crippen molar-refractivity contribution in [3.05, 3.63) is 65.5 Å². The highest BCUT2D eigenvalue weighted by Gasteiger charge is 2.32. The van der Waals surface area contributed by atoms with Gasteiger partial charge >= 0.3 is 12.1 Å². The molecule has 4 rings (SSSR count). The second kappa shape index (κ2) is 9.68. The Labute approximate surface area is 193 Å². The van der Waals surface area contributed by atoms with Gasteiger partial charge in [0.1, 0.15) is 23.1 Å². The number of carboxylic acids is 1. The van der Waals surface area contributed by atoms with E-state index in [1.165, 1.54) is 6.07 Å². The fraction of sp³-hybridized carbons (Fsp3) is 0.292. The molecule has 2 heterocycles. The molecule has 0 saturated carbocycles. The molecule has 3 aromatic rings. The molecule has 1 fully saturated rings. The van der Waals surface area contributed by atoms with E-state index in [1.807, 2.05) is 13.0 Å². The topological polar surface area (TPSA) is 93.6 Å². The zero-order valence-electron chi connectivity index (χ0n) is 18.2. The van der Waals surface area contributed by atoms with Crippen LogP contribution in [0.5, 0.6) is 5.75 Å². The zero-order chi connectivity index (χ0) is 24.3. The van der Waals surface area contributed by atoms with Gasteiger partial charge in [-0.25, -0.2) is 14.8 Å². The maximum absolute atomic E-state index is 13.0. The van der Waals surface area contributed by atoms with Crippen LogP contribution in [0.2, 0.25) is 0 Å². The Kier molecular flexibility index (Phi) is 6.69. The number of aromatic nitrogens is 2. The monoisotopic (exact) mass is 473 g/mol. The van der Waals surface area contributed by atoms with Crippen molar-refractivity contribution in [3.63, 3.8) is 0 Å². The molecule has 1 aliphatic heterocycles. The Bertz CT molecular complexity index is 1190. The van der Waals surface area contributed by atoms with Gasteiger partial charge < -0.3 is 19.9 Å². The van der Waals surface area contributed by atoms with Crippen molar-refractivity contribution in [2.45, 2.75) is 32.0 Å². The summed E-state index contributed by atoms with van der Waals surface area (Å²) in [5.41, 5.74) is 1.55. The summed E-state index contributed by atoms with van der Waals surface area (Å²) in [6.07, 6.45) is -2.29. The van der Waals surface area contributed by atoms with Crippen LogP contribution >= 0.6 is 0 Å². The van der Waals surface area contributed by atoms with Crippen LogP contribution in [0.1, 0.15) is 34.5 Å². The molecule has 1 aromatic heterocycles. The van der Waals surface area contributed by atoms with E-state index in [-0.39, 0.29) is 23.4 Å². The Hall–Kier alpha value is -3.66. The minimum atomic E-state index is -4.58. The van der Waals surface area contributed by atoms with Crippen LogP contribution in [0, 0.1) is 6.92 Å². The van der Waals surface area contributed by atoms with E-state index in [0.29, 0.717) is 42.9 Å². The van der Waals surface area contributed by atoms with Crippen LogP contribution in [-0.4, -0.2) is 40.4 Å². The Balaban J connectivity index is 1.62. The maximum Gasteiger partial charge on any atom is 0.433 e. The van der Waals surface area contributed by atoms with E-state index < -0.39 is 17.8 Å². The van der Waals surface area contributed by atoms with Crippen molar-refractivity contribution in [2.24, 2.45) is 0 Å². The van der Waals surface area contributed by atoms with E-state index >= 15 is 0 Å². The van der Waals surface area contributed by atoms with Crippen LogP contribution in [0.3, 0.4) is 0 Å². The van der Waals surface area contributed by atoms with Gasteiger partial charge in [-0.15, -0.1) is 0 Å². The maximum atomic E-state index is 13.0. The largest absolute Gasteiger partial charge is 0.489 e. The number of nitrogens with one attached hydrogen (secondary N) is 1. The van der Waals surface area contributed by atoms with Crippen molar-refractivity contribution in [2.75, 3.05) is 18.5 Å². The summed E-state index contributed by atoms with van der Waals surface area (Å²) < 4.78 is 50.1. The Morgan fingerprint density at radius 1 is 1.12 bits per heavy atom. The van der Waals surface area contributed by atoms with Gasteiger partial charge in [0.05, 0.1) is 13.2 Å². The second-order valence-corrected chi connectivity index (χ2v) is 7.92. The van der Waals surface area contributed by atoms with E-state index in [0.717, 1.165) is 17.8 Å². The van der Waals surface area contributed by atoms with Crippen molar-refractivity contribution >= 4 is 17.6 Å². The van der Waals surface area contributed by atoms with Gasteiger partial charge in [0.15, 0.2) is 0 Å². The lowest BCUT2D eigenvalue weighted by Crippen LogP contribution is -2.26. The molecule has 0 radical (unpaired) electrons. The lowest BCUT2D eigenvalue weighted by molar-refractivity contribution is -0.141. The standard InChI is InChI=1S/C24H22F3N3O4/c1-14-10-16(12-17(11-14)29-23-28-7-4-21(30-23)24(25,26)27)15-2-3-20(19(13-15)22(31)32)34-18-5-8-33-9-6-18/h2-4,7,10-13,18H,5-6,8-9H2,1H3,(H,31,32)(H,28,29,30). The molecule has 0 spiro atoms. The lowest BCUT2D eigenvalue weighted by atomic mass is 9.99. The number of hydrogen-bond acceptors (Lipinski definition) is 6. The number of benzene rings is 2. The molecule has 2 N–H and O–H groups in total. The van der Waals surface area contributed by atoms with Gasteiger partial charge in [0.2, 0.25) is 5.95 Å². The fourth-order valence-corrected chi connectivity index (χ4v) is 3.68. The molecule has 178 valence electrons. The van der Waals surface area contributed by atoms with Gasteiger partial charge in [-0.2, -0.15) is 13.2 Å². The highest BCUT2D eigenvalue weighted by Crippen LogP contribution is 2.32. The molecule has 34 heavy (non-hydrogen) atoms. The fourth-order valence-electron chi connectivity index (χ4n) is 3.68. The third kappa shape index (κ3) is 5.63. The molecule has 0 amide bonds. The molecule has 0 aliphatic carbocycles. The molecule has 7 nitrogen and oxygen atoms in total. The lowest BCUT2D eigenvalue weighted by Gasteiger charge is -2.24. The summed E-state index contributed by atoms with van der Waals surface area (Å²) in [5, 5.41) is 12.5. The molecule has 1 saturated heterocycles. The zero-order valence-corrected chi connectivity index (χ0v) is 18.2. The SMILES string of the molecule is Cc1cc(Nc2nccc(C(F)(F)F)n2)cc(-c2ccc(OC3CCOCC3)c(C(=O)O)c2)c1. The average Bonchev–Trinajstić information content (AvgIpc) is 2.79. The van der Waals surface area contributed by atoms with Gasteiger partial charge in [0, 0.05) is 24.7 Å².